The van der Waals surface area contributed by atoms with Gasteiger partial charge in [0.1, 0.15) is 22.3 Å². The van der Waals surface area contributed by atoms with E-state index in [0.29, 0.717) is 0 Å². The normalized spacial score (nSPS) is 12.2. The van der Waals surface area contributed by atoms with Gasteiger partial charge in [0.15, 0.2) is 0 Å². The van der Waals surface area contributed by atoms with Crippen molar-refractivity contribution in [2.75, 3.05) is 0 Å². The molecule has 0 saturated carbocycles. The van der Waals surface area contributed by atoms with Crippen molar-refractivity contribution < 1.29 is 8.83 Å². The van der Waals surface area contributed by atoms with Crippen molar-refractivity contribution in [2.24, 2.45) is 0 Å². The van der Waals surface area contributed by atoms with Crippen LogP contribution in [0.25, 0.3) is 110 Å². The van der Waals surface area contributed by atoms with Gasteiger partial charge in [0, 0.05) is 54.6 Å². The maximum Gasteiger partial charge on any atom is 0.145 e. The van der Waals surface area contributed by atoms with E-state index in [9.17, 15) is 0 Å². The fraction of sp³-hybridized carbons (Fsp3) is 0. The predicted octanol–water partition coefficient (Wildman–Crippen LogP) is 13.3. The highest BCUT2D eigenvalue weighted by atomic mass is 16.3. The fourth-order valence-electron chi connectivity index (χ4n) is 8.68. The van der Waals surface area contributed by atoms with Gasteiger partial charge in [-0.15, -0.1) is 0 Å². The first-order valence-corrected chi connectivity index (χ1v) is 17.7. The van der Waals surface area contributed by atoms with Crippen LogP contribution in [-0.4, -0.2) is 9.13 Å². The molecule has 0 aliphatic heterocycles. The third kappa shape index (κ3) is 3.70. The molecule has 4 nitrogen and oxygen atoms in total. The molecule has 52 heavy (non-hydrogen) atoms. The Labute approximate surface area is 296 Å². The van der Waals surface area contributed by atoms with Gasteiger partial charge in [0.2, 0.25) is 0 Å². The Morgan fingerprint density at radius 2 is 1.02 bits per heavy atom. The number of rotatable bonds is 3. The molecule has 0 radical (unpaired) electrons. The molecular weight excluding hydrogens is 637 g/mol. The summed E-state index contributed by atoms with van der Waals surface area (Å²) >= 11 is 0. The molecule has 0 N–H and O–H groups in total. The van der Waals surface area contributed by atoms with E-state index in [2.05, 4.69) is 161 Å². The standard InChI is InChI=1S/C48H28N2O2/c1-2-11-30(12-3-1)50-40-18-7-4-13-33(40)36-17-10-16-32(47(36)50)29-21-24-41-39(27-29)46-42(25-23-37-34-14-5-9-20-44(34)52-48(37)46)49(41)31-22-26-45-38(28-31)35-15-6-8-19-43(35)51-45/h1-28H. The molecule has 0 saturated heterocycles. The molecule has 0 bridgehead atoms. The Morgan fingerprint density at radius 3 is 1.88 bits per heavy atom. The van der Waals surface area contributed by atoms with Gasteiger partial charge in [-0.1, -0.05) is 97.1 Å². The SMILES string of the molecule is c1ccc(-n2c3ccccc3c3cccc(-c4ccc5c(c4)c4c6oc7ccccc7c6ccc4n5-c4ccc5oc6ccccc6c5c4)c32)cc1. The van der Waals surface area contributed by atoms with E-state index in [1.54, 1.807) is 0 Å². The van der Waals surface area contributed by atoms with E-state index < -0.39 is 0 Å². The van der Waals surface area contributed by atoms with Crippen LogP contribution < -0.4 is 0 Å². The molecule has 12 rings (SSSR count). The van der Waals surface area contributed by atoms with Crippen molar-refractivity contribution in [3.05, 3.63) is 170 Å². The molecule has 4 heteroatoms. The average Bonchev–Trinajstić information content (AvgIpc) is 3.95. The Hall–Kier alpha value is -7.04. The minimum Gasteiger partial charge on any atom is -0.456 e. The van der Waals surface area contributed by atoms with E-state index in [-0.39, 0.29) is 0 Å². The molecule has 0 aliphatic rings. The number of fused-ring (bicyclic) bond motifs is 13. The number of hydrogen-bond donors (Lipinski definition) is 0. The molecule has 4 heterocycles. The molecule has 0 spiro atoms. The molecular formula is C48H28N2O2. The highest BCUT2D eigenvalue weighted by Crippen LogP contribution is 2.44. The molecule has 8 aromatic carbocycles. The van der Waals surface area contributed by atoms with Gasteiger partial charge in [-0.25, -0.2) is 0 Å². The Bertz CT molecular complexity index is 3410. The van der Waals surface area contributed by atoms with Gasteiger partial charge in [0.05, 0.1) is 27.5 Å². The lowest BCUT2D eigenvalue weighted by Gasteiger charge is -2.12. The van der Waals surface area contributed by atoms with Crippen molar-refractivity contribution in [2.45, 2.75) is 0 Å². The number of nitrogens with zero attached hydrogens (tertiary/aromatic N) is 2. The van der Waals surface area contributed by atoms with E-state index in [1.807, 2.05) is 18.2 Å². The van der Waals surface area contributed by atoms with Crippen LogP contribution in [0.5, 0.6) is 0 Å². The quantitative estimate of drug-likeness (QED) is 0.188. The van der Waals surface area contributed by atoms with Crippen molar-refractivity contribution >= 4 is 87.5 Å². The minimum atomic E-state index is 0.884. The number of aromatic nitrogens is 2. The summed E-state index contributed by atoms with van der Waals surface area (Å²) in [6.07, 6.45) is 0. The molecule has 0 atom stereocenters. The summed E-state index contributed by atoms with van der Waals surface area (Å²) < 4.78 is 17.8. The van der Waals surface area contributed by atoms with Gasteiger partial charge >= 0.3 is 0 Å². The molecule has 0 aliphatic carbocycles. The first-order valence-electron chi connectivity index (χ1n) is 17.7. The van der Waals surface area contributed by atoms with E-state index >= 15 is 0 Å². The van der Waals surface area contributed by atoms with Crippen molar-refractivity contribution in [3.8, 4) is 22.5 Å². The lowest BCUT2D eigenvalue weighted by Crippen LogP contribution is -1.95. The maximum atomic E-state index is 6.74. The fourth-order valence-corrected chi connectivity index (χ4v) is 8.68. The van der Waals surface area contributed by atoms with Crippen LogP contribution in [0, 0.1) is 0 Å². The second-order valence-corrected chi connectivity index (χ2v) is 13.7. The second-order valence-electron chi connectivity index (χ2n) is 13.7. The van der Waals surface area contributed by atoms with Crippen LogP contribution >= 0.6 is 0 Å². The molecule has 12 aromatic rings. The largest absolute Gasteiger partial charge is 0.456 e. The van der Waals surface area contributed by atoms with Gasteiger partial charge in [-0.2, -0.15) is 0 Å². The lowest BCUT2D eigenvalue weighted by atomic mass is 9.99. The Kier molecular flexibility index (Phi) is 5.47. The summed E-state index contributed by atoms with van der Waals surface area (Å²) in [5.41, 5.74) is 12.8. The summed E-state index contributed by atoms with van der Waals surface area (Å²) in [6, 6.07) is 60.6. The van der Waals surface area contributed by atoms with Crippen LogP contribution in [0.2, 0.25) is 0 Å². The highest BCUT2D eigenvalue weighted by Gasteiger charge is 2.22. The van der Waals surface area contributed by atoms with Crippen molar-refractivity contribution in [1.29, 1.82) is 0 Å². The summed E-state index contributed by atoms with van der Waals surface area (Å²) in [5, 5.41) is 9.20. The molecule has 0 amide bonds. The Morgan fingerprint density at radius 1 is 0.346 bits per heavy atom. The lowest BCUT2D eigenvalue weighted by molar-refractivity contribution is 0.669. The number of furan rings is 2. The molecule has 4 aromatic heterocycles. The topological polar surface area (TPSA) is 36.1 Å². The number of hydrogen-bond acceptors (Lipinski definition) is 2. The zero-order valence-corrected chi connectivity index (χ0v) is 27.9. The zero-order chi connectivity index (χ0) is 33.9. The Balaban J connectivity index is 1.20. The highest BCUT2D eigenvalue weighted by molar-refractivity contribution is 6.25. The van der Waals surface area contributed by atoms with E-state index in [1.165, 1.54) is 27.4 Å². The van der Waals surface area contributed by atoms with Crippen LogP contribution in [0.15, 0.2) is 179 Å². The van der Waals surface area contributed by atoms with Gasteiger partial charge in [-0.05, 0) is 78.4 Å². The first-order chi connectivity index (χ1) is 25.8. The molecule has 0 unspecified atom stereocenters. The summed E-state index contributed by atoms with van der Waals surface area (Å²) in [7, 11) is 0. The number of benzene rings is 8. The van der Waals surface area contributed by atoms with Gasteiger partial charge in [-0.3, -0.25) is 0 Å². The van der Waals surface area contributed by atoms with Crippen LogP contribution in [0.4, 0.5) is 0 Å². The van der Waals surface area contributed by atoms with Crippen LogP contribution in [0.3, 0.4) is 0 Å². The monoisotopic (exact) mass is 664 g/mol. The molecule has 0 fully saturated rings. The third-order valence-electron chi connectivity index (χ3n) is 10.9. The zero-order valence-electron chi connectivity index (χ0n) is 27.9. The minimum absolute atomic E-state index is 0.884. The van der Waals surface area contributed by atoms with Crippen molar-refractivity contribution in [1.82, 2.24) is 9.13 Å². The summed E-state index contributed by atoms with van der Waals surface area (Å²) in [6.45, 7) is 0. The second kappa shape index (κ2) is 10.3. The maximum absolute atomic E-state index is 6.74. The number of para-hydroxylation sites is 5. The average molecular weight is 665 g/mol. The predicted molar refractivity (Wildman–Crippen MR) is 215 cm³/mol. The third-order valence-corrected chi connectivity index (χ3v) is 10.9. The smallest absolute Gasteiger partial charge is 0.145 e. The first kappa shape index (κ1) is 27.7. The van der Waals surface area contributed by atoms with Gasteiger partial charge < -0.3 is 18.0 Å². The van der Waals surface area contributed by atoms with E-state index in [4.69, 9.17) is 8.83 Å². The van der Waals surface area contributed by atoms with Gasteiger partial charge in [0.25, 0.3) is 0 Å². The summed E-state index contributed by atoms with van der Waals surface area (Å²) in [4.78, 5) is 0. The molecule has 242 valence electrons. The van der Waals surface area contributed by atoms with Crippen LogP contribution in [0.1, 0.15) is 0 Å². The summed E-state index contributed by atoms with van der Waals surface area (Å²) in [5.74, 6) is 0. The van der Waals surface area contributed by atoms with Crippen LogP contribution in [-0.2, 0) is 0 Å². The van der Waals surface area contributed by atoms with Crippen molar-refractivity contribution in [3.63, 3.8) is 0 Å². The van der Waals surface area contributed by atoms with E-state index in [0.717, 1.165) is 82.6 Å².